The highest BCUT2D eigenvalue weighted by molar-refractivity contribution is 6.03. The van der Waals surface area contributed by atoms with Crippen LogP contribution in [-0.2, 0) is 38.1 Å². The molecule has 0 radical (unpaired) electrons. The van der Waals surface area contributed by atoms with E-state index < -0.39 is 71.2 Å². The molecule has 16 heteroatoms. The van der Waals surface area contributed by atoms with Crippen LogP contribution in [0.15, 0.2) is 18.2 Å². The average molecular weight is 652 g/mol. The van der Waals surface area contributed by atoms with Crippen LogP contribution >= 0.6 is 0 Å². The number of rotatable bonds is 12. The molecule has 0 aliphatic rings. The van der Waals surface area contributed by atoms with Gasteiger partial charge in [0, 0.05) is 23.4 Å². The lowest BCUT2D eigenvalue weighted by atomic mass is 10.1. The Labute approximate surface area is 268 Å². The van der Waals surface area contributed by atoms with E-state index >= 15 is 0 Å². The molecule has 1 rings (SSSR count). The molecule has 0 aromatic heterocycles. The van der Waals surface area contributed by atoms with Crippen LogP contribution in [0.2, 0.25) is 0 Å². The van der Waals surface area contributed by atoms with E-state index in [-0.39, 0.29) is 29.8 Å². The van der Waals surface area contributed by atoms with Crippen LogP contribution in [0.4, 0.5) is 21.0 Å². The zero-order valence-electron chi connectivity index (χ0n) is 27.9. The minimum atomic E-state index is -1.23. The molecule has 0 heterocycles. The fourth-order valence-electron chi connectivity index (χ4n) is 3.50. The van der Waals surface area contributed by atoms with E-state index in [1.807, 2.05) is 0 Å². The molecule has 0 fully saturated rings. The van der Waals surface area contributed by atoms with Gasteiger partial charge < -0.3 is 45.5 Å². The smallest absolute Gasteiger partial charge is 0.408 e. The predicted octanol–water partition coefficient (Wildman–Crippen LogP) is 2.61. The number of ether oxygens (including phenoxy) is 4. The second-order valence-corrected chi connectivity index (χ2v) is 12.2. The number of methoxy groups -OCH3 is 2. The van der Waals surface area contributed by atoms with Crippen molar-refractivity contribution < 1.29 is 52.5 Å². The Bertz CT molecular complexity index is 1230. The number of hydrogen-bond acceptors (Lipinski definition) is 11. The van der Waals surface area contributed by atoms with E-state index in [1.165, 1.54) is 39.2 Å². The van der Waals surface area contributed by atoms with Crippen LogP contribution in [0, 0.1) is 0 Å². The highest BCUT2D eigenvalue weighted by Crippen LogP contribution is 2.21. The van der Waals surface area contributed by atoms with Gasteiger partial charge in [-0.2, -0.15) is 0 Å². The first-order valence-electron chi connectivity index (χ1n) is 14.4. The molecule has 1 aromatic rings. The van der Waals surface area contributed by atoms with Crippen molar-refractivity contribution in [3.8, 4) is 0 Å². The normalized spacial score (nSPS) is 13.1. The second kappa shape index (κ2) is 17.0. The van der Waals surface area contributed by atoms with Gasteiger partial charge in [0.1, 0.15) is 29.3 Å². The van der Waals surface area contributed by atoms with E-state index in [9.17, 15) is 33.6 Å². The van der Waals surface area contributed by atoms with E-state index in [0.717, 1.165) is 7.11 Å². The molecular weight excluding hydrogens is 606 g/mol. The Morgan fingerprint density at radius 1 is 0.674 bits per heavy atom. The molecule has 0 spiro atoms. The lowest BCUT2D eigenvalue weighted by Gasteiger charge is -2.22. The summed E-state index contributed by atoms with van der Waals surface area (Å²) in [6, 6.07) is 0.474. The lowest BCUT2D eigenvalue weighted by Crippen LogP contribution is -2.44. The maximum absolute atomic E-state index is 13.3. The Morgan fingerprint density at radius 2 is 1.11 bits per heavy atom. The fourth-order valence-corrected chi connectivity index (χ4v) is 3.50. The first-order chi connectivity index (χ1) is 21.1. The Kier molecular flexibility index (Phi) is 14.4. The molecule has 5 amide bonds. The van der Waals surface area contributed by atoms with Gasteiger partial charge in [-0.15, -0.1) is 0 Å². The zero-order valence-corrected chi connectivity index (χ0v) is 27.9. The highest BCUT2D eigenvalue weighted by atomic mass is 16.6. The van der Waals surface area contributed by atoms with Crippen molar-refractivity contribution in [3.63, 3.8) is 0 Å². The molecule has 0 saturated carbocycles. The van der Waals surface area contributed by atoms with Crippen LogP contribution in [0.1, 0.15) is 78.6 Å². The quantitative estimate of drug-likeness (QED) is 0.163. The number of nitrogens with one attached hydrogen (secondary N) is 5. The van der Waals surface area contributed by atoms with Gasteiger partial charge in [0.15, 0.2) is 0 Å². The molecule has 0 aliphatic carbocycles. The van der Waals surface area contributed by atoms with E-state index in [1.54, 1.807) is 41.5 Å². The summed E-state index contributed by atoms with van der Waals surface area (Å²) in [6.07, 6.45) is -1.99. The van der Waals surface area contributed by atoms with Crippen molar-refractivity contribution in [1.29, 1.82) is 0 Å². The summed E-state index contributed by atoms with van der Waals surface area (Å²) in [4.78, 5) is 87.3. The van der Waals surface area contributed by atoms with Gasteiger partial charge in [-0.05, 0) is 80.0 Å². The fraction of sp³-hybridized carbons (Fsp3) is 0.567. The minimum Gasteiger partial charge on any atom is -0.469 e. The largest absolute Gasteiger partial charge is 0.469 e. The number of carbonyl (C=O) groups is 7. The number of carbonyl (C=O) groups excluding carboxylic acids is 7. The van der Waals surface area contributed by atoms with Crippen molar-refractivity contribution in [2.24, 2.45) is 0 Å². The first-order valence-corrected chi connectivity index (χ1v) is 14.4. The van der Waals surface area contributed by atoms with Crippen LogP contribution in [0.3, 0.4) is 0 Å². The molecule has 3 atom stereocenters. The van der Waals surface area contributed by atoms with Gasteiger partial charge in [-0.1, -0.05) is 0 Å². The summed E-state index contributed by atoms with van der Waals surface area (Å²) in [5.41, 5.74) is -1.65. The number of anilines is 2. The van der Waals surface area contributed by atoms with Gasteiger partial charge in [0.2, 0.25) is 11.8 Å². The molecule has 0 saturated heterocycles. The summed E-state index contributed by atoms with van der Waals surface area (Å²) in [5, 5.41) is 12.4. The number of benzene rings is 1. The van der Waals surface area contributed by atoms with Gasteiger partial charge in [0.25, 0.3) is 5.91 Å². The summed E-state index contributed by atoms with van der Waals surface area (Å²) in [6.45, 7) is 12.8. The van der Waals surface area contributed by atoms with Crippen molar-refractivity contribution in [2.45, 2.75) is 97.6 Å². The number of esters is 2. The van der Waals surface area contributed by atoms with Crippen molar-refractivity contribution in [2.75, 3.05) is 24.9 Å². The van der Waals surface area contributed by atoms with Crippen LogP contribution in [0.25, 0.3) is 0 Å². The van der Waals surface area contributed by atoms with Crippen LogP contribution in [-0.4, -0.2) is 85.4 Å². The van der Waals surface area contributed by atoms with Gasteiger partial charge >= 0.3 is 24.1 Å². The summed E-state index contributed by atoms with van der Waals surface area (Å²) in [7, 11) is 2.29. The number of amides is 5. The van der Waals surface area contributed by atoms with Gasteiger partial charge in [-0.25, -0.2) is 14.4 Å². The molecule has 1 aromatic carbocycles. The lowest BCUT2D eigenvalue weighted by molar-refractivity contribution is -0.144. The highest BCUT2D eigenvalue weighted by Gasteiger charge is 2.26. The van der Waals surface area contributed by atoms with Crippen molar-refractivity contribution >= 4 is 53.2 Å². The van der Waals surface area contributed by atoms with Crippen molar-refractivity contribution in [1.82, 2.24) is 16.0 Å². The molecule has 5 N–H and O–H groups in total. The Hall–Kier alpha value is -4.89. The first kappa shape index (κ1) is 39.1. The molecule has 16 nitrogen and oxygen atoms in total. The van der Waals surface area contributed by atoms with Gasteiger partial charge in [-0.3, -0.25) is 19.2 Å². The van der Waals surface area contributed by atoms with E-state index in [4.69, 9.17) is 14.2 Å². The average Bonchev–Trinajstić information content (AvgIpc) is 2.91. The van der Waals surface area contributed by atoms with E-state index in [2.05, 4.69) is 31.3 Å². The monoisotopic (exact) mass is 651 g/mol. The molecule has 46 heavy (non-hydrogen) atoms. The van der Waals surface area contributed by atoms with Crippen LogP contribution in [0.5, 0.6) is 0 Å². The molecule has 256 valence electrons. The van der Waals surface area contributed by atoms with Crippen LogP contribution < -0.4 is 26.6 Å². The zero-order chi connectivity index (χ0) is 35.4. The molecule has 0 bridgehead atoms. The minimum absolute atomic E-state index is 0.0303. The Morgan fingerprint density at radius 3 is 1.48 bits per heavy atom. The van der Waals surface area contributed by atoms with Gasteiger partial charge in [0.05, 0.1) is 14.2 Å². The third kappa shape index (κ3) is 14.7. The predicted molar refractivity (Wildman–Crippen MR) is 166 cm³/mol. The standard InChI is InChI=1S/C30H45N5O11/c1-16(31-27(41)45-29(3,4)5)23(37)33-19-13-18(25(39)35-21(26(40)44-10)11-12-22(36)43-9)14-20(15-19)34-24(38)17(2)32-28(42)46-30(6,7)8/h13-17,21H,11-12H2,1-10H3,(H,31,41)(H,32,42)(H,33,37)(H,34,38)(H,35,39)/t16-,17-,21-/m1/s1. The second-order valence-electron chi connectivity index (χ2n) is 12.2. The summed E-state index contributed by atoms with van der Waals surface area (Å²) < 4.78 is 19.7. The Balaban J connectivity index is 3.31. The summed E-state index contributed by atoms with van der Waals surface area (Å²) >= 11 is 0. The SMILES string of the molecule is COC(=O)CC[C@@H](NC(=O)c1cc(NC(=O)[C@@H](C)NC(=O)OC(C)(C)C)cc(NC(=O)[C@@H](C)NC(=O)OC(C)(C)C)c1)C(=O)OC. The number of alkyl carbamates (subject to hydrolysis) is 2. The molecule has 0 unspecified atom stereocenters. The molecule has 0 aliphatic heterocycles. The van der Waals surface area contributed by atoms with E-state index in [0.29, 0.717) is 0 Å². The maximum atomic E-state index is 13.3. The summed E-state index contributed by atoms with van der Waals surface area (Å²) in [5.74, 6) is -3.62. The number of hydrogen-bond donors (Lipinski definition) is 5. The third-order valence-corrected chi connectivity index (χ3v) is 5.64. The van der Waals surface area contributed by atoms with Crippen molar-refractivity contribution in [3.05, 3.63) is 23.8 Å². The third-order valence-electron chi connectivity index (χ3n) is 5.64. The molecular formula is C30H45N5O11. The topological polar surface area (TPSA) is 217 Å². The maximum Gasteiger partial charge on any atom is 0.408 e.